The summed E-state index contributed by atoms with van der Waals surface area (Å²) >= 11 is 0. The molecule has 5 fully saturated rings. The maximum atomic E-state index is 14.9. The van der Waals surface area contributed by atoms with Gasteiger partial charge < -0.3 is 41.8 Å². The van der Waals surface area contributed by atoms with Crippen molar-refractivity contribution in [2.45, 2.75) is 138 Å². The van der Waals surface area contributed by atoms with E-state index in [2.05, 4.69) is 26.3 Å². The summed E-state index contributed by atoms with van der Waals surface area (Å²) in [6.07, 6.45) is 3.03. The van der Waals surface area contributed by atoms with E-state index < -0.39 is 77.0 Å². The number of fused-ring (bicyclic) bond motifs is 5. The number of hydrogen-bond donors (Lipinski definition) is 6. The lowest BCUT2D eigenvalue weighted by Crippen LogP contribution is -2.65. The smallest absolute Gasteiger partial charge is 0.361 e. The zero-order chi connectivity index (χ0) is 43.8. The molecule has 0 unspecified atom stereocenters. The van der Waals surface area contributed by atoms with Gasteiger partial charge in [-0.05, 0) is 93.2 Å². The van der Waals surface area contributed by atoms with E-state index in [1.807, 2.05) is 24.3 Å². The van der Waals surface area contributed by atoms with Gasteiger partial charge in [0.2, 0.25) is 35.4 Å². The molecule has 62 heavy (non-hydrogen) atoms. The number of H-pyrrole nitrogens is 1. The molecule has 5 aliphatic rings. The molecule has 14 nitrogen and oxygen atoms in total. The molecule has 17 heteroatoms. The van der Waals surface area contributed by atoms with Gasteiger partial charge in [0.15, 0.2) is 0 Å². The van der Waals surface area contributed by atoms with Gasteiger partial charge in [0.05, 0.1) is 5.56 Å². The van der Waals surface area contributed by atoms with Crippen LogP contribution in [-0.2, 0) is 47.8 Å². The quantitative estimate of drug-likeness (QED) is 0.218. The van der Waals surface area contributed by atoms with Gasteiger partial charge in [-0.15, -0.1) is 0 Å². The summed E-state index contributed by atoms with van der Waals surface area (Å²) in [6.45, 7) is 0.294. The van der Waals surface area contributed by atoms with E-state index in [0.29, 0.717) is 44.1 Å². The minimum absolute atomic E-state index is 0.00844. The summed E-state index contributed by atoms with van der Waals surface area (Å²) in [6, 6.07) is 5.96. The summed E-state index contributed by atoms with van der Waals surface area (Å²) in [5.41, 5.74) is 5.52. The van der Waals surface area contributed by atoms with Crippen LogP contribution in [0.5, 0.6) is 0 Å². The maximum Gasteiger partial charge on any atom is 0.416 e. The number of halogens is 3. The number of rotatable bonds is 6. The molecule has 7 atom stereocenters. The number of nitrogens with two attached hydrogens (primary N) is 1. The lowest BCUT2D eigenvalue weighted by molar-refractivity contribution is -0.150. The maximum absolute atomic E-state index is 14.9. The number of para-hydroxylation sites is 1. The molecule has 4 heterocycles. The fourth-order valence-electron chi connectivity index (χ4n) is 10.6. The Morgan fingerprint density at radius 1 is 0.726 bits per heavy atom. The number of nitrogens with one attached hydrogen (secondary N) is 5. The average molecular weight is 861 g/mol. The van der Waals surface area contributed by atoms with Crippen LogP contribution >= 0.6 is 0 Å². The number of aromatic amines is 1. The number of alkyl halides is 3. The molecule has 7 N–H and O–H groups in total. The molecular formula is C45H55F3N8O6. The number of hydrogen-bond acceptors (Lipinski definition) is 7. The molecule has 0 bridgehead atoms. The fourth-order valence-corrected chi connectivity index (χ4v) is 10.6. The molecule has 2 aromatic carbocycles. The van der Waals surface area contributed by atoms with E-state index in [4.69, 9.17) is 5.73 Å². The molecule has 8 rings (SSSR count). The van der Waals surface area contributed by atoms with Crippen molar-refractivity contribution in [3.8, 4) is 0 Å². The predicted molar refractivity (Wildman–Crippen MR) is 222 cm³/mol. The van der Waals surface area contributed by atoms with Gasteiger partial charge in [0, 0.05) is 42.5 Å². The normalized spacial score (nSPS) is 28.7. The SMILES string of the molecule is NCC[C@@H]1NC(=O)[C@H](Cc2c[nH]c3ccccc23)NC(=O)C2(CCCC2)NC(=O)[C@H](Cc2ccc(C(F)(F)F)cc2)NC(=O)[C@@H]2C[C@@H]3CCCC[C@@H]3N2C(=O)[C@H]2CCCN2C1=O. The highest BCUT2D eigenvalue weighted by molar-refractivity contribution is 6.00. The molecule has 0 radical (unpaired) electrons. The molecule has 1 aromatic heterocycles. The molecule has 2 aliphatic carbocycles. The van der Waals surface area contributed by atoms with Crippen LogP contribution in [0.25, 0.3) is 10.9 Å². The van der Waals surface area contributed by atoms with Crippen molar-refractivity contribution in [1.82, 2.24) is 36.1 Å². The summed E-state index contributed by atoms with van der Waals surface area (Å²) in [5, 5.41) is 12.5. The van der Waals surface area contributed by atoms with Gasteiger partial charge in [-0.25, -0.2) is 0 Å². The number of aromatic nitrogens is 1. The Hall–Kier alpha value is -5.45. The minimum Gasteiger partial charge on any atom is -0.361 e. The summed E-state index contributed by atoms with van der Waals surface area (Å²) in [7, 11) is 0. The first kappa shape index (κ1) is 43.2. The van der Waals surface area contributed by atoms with Crippen LogP contribution in [0.1, 0.15) is 93.7 Å². The second-order valence-electron chi connectivity index (χ2n) is 17.8. The first-order valence-corrected chi connectivity index (χ1v) is 22.0. The van der Waals surface area contributed by atoms with Gasteiger partial charge in [-0.1, -0.05) is 56.0 Å². The van der Waals surface area contributed by atoms with Crippen LogP contribution in [0.3, 0.4) is 0 Å². The number of amides is 6. The van der Waals surface area contributed by atoms with Crippen LogP contribution in [0, 0.1) is 5.92 Å². The molecule has 3 aliphatic heterocycles. The molecule has 1 spiro atoms. The number of carbonyl (C=O) groups is 6. The first-order chi connectivity index (χ1) is 29.8. The van der Waals surface area contributed by atoms with Crippen molar-refractivity contribution in [2.75, 3.05) is 13.1 Å². The predicted octanol–water partition coefficient (Wildman–Crippen LogP) is 3.37. The Morgan fingerprint density at radius 3 is 2.18 bits per heavy atom. The molecule has 3 aromatic rings. The standard InChI is InChI=1S/C45H55F3N8O6/c46-45(47,48)29-15-13-26(14-16-29)22-33-39(58)54-44(18-5-6-19-44)43(62)53-34(23-28-25-50-31-10-3-2-9-30(28)31)38(57)51-32(17-20-49)41(60)55-21-7-12-36(55)42(61)56-35-11-4-1-8-27(35)24-37(56)40(59)52-33/h2-3,9-10,13-16,25,27,32-37,50H,1,4-8,11-12,17-24,49H2,(H,51,57)(H,52,59)(H,53,62)(H,54,58)/t27-,32-,33-,34-,35-,36+,37-/m0/s1. The van der Waals surface area contributed by atoms with Crippen molar-refractivity contribution in [3.05, 3.63) is 71.4 Å². The Kier molecular flexibility index (Phi) is 12.4. The van der Waals surface area contributed by atoms with Crippen LogP contribution in [0.2, 0.25) is 0 Å². The van der Waals surface area contributed by atoms with E-state index in [-0.39, 0.29) is 63.1 Å². The minimum atomic E-state index is -4.59. The number of benzene rings is 2. The van der Waals surface area contributed by atoms with E-state index in [1.165, 1.54) is 17.0 Å². The number of carbonyl (C=O) groups excluding carboxylic acids is 6. The van der Waals surface area contributed by atoms with Crippen molar-refractivity contribution in [3.63, 3.8) is 0 Å². The highest BCUT2D eigenvalue weighted by Crippen LogP contribution is 2.41. The average Bonchev–Trinajstić information content (AvgIpc) is 4.09. The monoisotopic (exact) mass is 860 g/mol. The Bertz CT molecular complexity index is 2190. The van der Waals surface area contributed by atoms with E-state index in [1.54, 1.807) is 11.1 Å². The molecule has 3 saturated heterocycles. The Morgan fingerprint density at radius 2 is 1.44 bits per heavy atom. The second kappa shape index (κ2) is 17.7. The summed E-state index contributed by atoms with van der Waals surface area (Å²) < 4.78 is 40.6. The highest BCUT2D eigenvalue weighted by Gasteiger charge is 2.52. The van der Waals surface area contributed by atoms with Crippen LogP contribution in [0.15, 0.2) is 54.7 Å². The van der Waals surface area contributed by atoms with E-state index in [0.717, 1.165) is 47.9 Å². The summed E-state index contributed by atoms with van der Waals surface area (Å²) in [4.78, 5) is 94.2. The molecule has 332 valence electrons. The third kappa shape index (κ3) is 8.64. The van der Waals surface area contributed by atoms with Crippen molar-refractivity contribution in [2.24, 2.45) is 11.7 Å². The van der Waals surface area contributed by atoms with E-state index >= 15 is 0 Å². The van der Waals surface area contributed by atoms with E-state index in [9.17, 15) is 41.9 Å². The zero-order valence-corrected chi connectivity index (χ0v) is 34.6. The lowest BCUT2D eigenvalue weighted by Gasteiger charge is -2.38. The van der Waals surface area contributed by atoms with Gasteiger partial charge in [0.1, 0.15) is 35.7 Å². The third-order valence-corrected chi connectivity index (χ3v) is 13.9. The second-order valence-corrected chi connectivity index (χ2v) is 17.8. The Labute approximate surface area is 357 Å². The van der Waals surface area contributed by atoms with Gasteiger partial charge >= 0.3 is 6.18 Å². The van der Waals surface area contributed by atoms with Gasteiger partial charge in [0.25, 0.3) is 0 Å². The van der Waals surface area contributed by atoms with Gasteiger partial charge in [-0.3, -0.25) is 28.8 Å². The van der Waals surface area contributed by atoms with Crippen LogP contribution < -0.4 is 27.0 Å². The van der Waals surface area contributed by atoms with Crippen LogP contribution in [-0.4, -0.2) is 105 Å². The van der Waals surface area contributed by atoms with Crippen molar-refractivity contribution >= 4 is 46.3 Å². The highest BCUT2D eigenvalue weighted by atomic mass is 19.4. The summed E-state index contributed by atoms with van der Waals surface area (Å²) in [5.74, 6) is -3.42. The zero-order valence-electron chi connectivity index (χ0n) is 34.6. The van der Waals surface area contributed by atoms with Gasteiger partial charge in [-0.2, -0.15) is 13.2 Å². The fraction of sp³-hybridized carbons (Fsp3) is 0.556. The van der Waals surface area contributed by atoms with Crippen molar-refractivity contribution in [1.29, 1.82) is 0 Å². The topological polar surface area (TPSA) is 199 Å². The lowest BCUT2D eigenvalue weighted by atomic mass is 9.84. The third-order valence-electron chi connectivity index (χ3n) is 13.9. The molecular weight excluding hydrogens is 806 g/mol. The molecule has 2 saturated carbocycles. The van der Waals surface area contributed by atoms with Crippen molar-refractivity contribution < 1.29 is 41.9 Å². The van der Waals surface area contributed by atoms with Crippen LogP contribution in [0.4, 0.5) is 13.2 Å². The Balaban J connectivity index is 1.19. The first-order valence-electron chi connectivity index (χ1n) is 22.0. The molecule has 6 amide bonds. The number of nitrogens with zero attached hydrogens (tertiary/aromatic N) is 2. The largest absolute Gasteiger partial charge is 0.416 e.